The minimum absolute atomic E-state index is 0.434. The molecule has 18 heavy (non-hydrogen) atoms. The Bertz CT molecular complexity index is 407. The zero-order chi connectivity index (χ0) is 13.0. The summed E-state index contributed by atoms with van der Waals surface area (Å²) < 4.78 is 10.5. The van der Waals surface area contributed by atoms with E-state index in [1.54, 1.807) is 7.11 Å². The predicted molar refractivity (Wildman–Crippen MR) is 69.8 cm³/mol. The molecule has 1 aliphatic carbocycles. The van der Waals surface area contributed by atoms with Crippen LogP contribution in [0.4, 0.5) is 11.5 Å². The summed E-state index contributed by atoms with van der Waals surface area (Å²) in [6.45, 7) is 2.95. The molecule has 0 radical (unpaired) electrons. The second kappa shape index (κ2) is 5.86. The maximum absolute atomic E-state index is 6.01. The smallest absolute Gasteiger partial charge is 0.242 e. The molecule has 2 rings (SSSR count). The predicted octanol–water partition coefficient (Wildman–Crippen LogP) is 1.22. The number of nitrogens with zero attached hydrogens (tertiary/aromatic N) is 2. The van der Waals surface area contributed by atoms with E-state index in [-0.39, 0.29) is 0 Å². The van der Waals surface area contributed by atoms with Gasteiger partial charge in [-0.3, -0.25) is 0 Å². The number of anilines is 2. The third kappa shape index (κ3) is 3.22. The molecule has 1 saturated carbocycles. The minimum atomic E-state index is 0.434. The van der Waals surface area contributed by atoms with Gasteiger partial charge in [-0.1, -0.05) is 6.92 Å². The van der Waals surface area contributed by atoms with Crippen LogP contribution in [0, 0.1) is 0 Å². The number of rotatable bonds is 7. The fourth-order valence-corrected chi connectivity index (χ4v) is 1.51. The third-order valence-electron chi connectivity index (χ3n) is 2.72. The van der Waals surface area contributed by atoms with Gasteiger partial charge in [0.05, 0.1) is 6.61 Å². The van der Waals surface area contributed by atoms with Crippen LogP contribution in [0.1, 0.15) is 25.6 Å². The number of nitrogens with two attached hydrogens (primary N) is 1. The first kappa shape index (κ1) is 12.9. The van der Waals surface area contributed by atoms with E-state index >= 15 is 0 Å². The van der Waals surface area contributed by atoms with Crippen LogP contribution in [0.2, 0.25) is 0 Å². The second-order valence-electron chi connectivity index (χ2n) is 4.32. The topological polar surface area (TPSA) is 82.3 Å². The van der Waals surface area contributed by atoms with Crippen molar-refractivity contribution >= 4 is 11.5 Å². The molecule has 0 aromatic carbocycles. The normalized spacial score (nSPS) is 14.6. The van der Waals surface area contributed by atoms with Gasteiger partial charge in [-0.05, 0) is 12.8 Å². The molecule has 0 atom stereocenters. The lowest BCUT2D eigenvalue weighted by molar-refractivity contribution is 0.144. The molecule has 0 saturated heterocycles. The van der Waals surface area contributed by atoms with Gasteiger partial charge in [-0.25, -0.2) is 4.98 Å². The summed E-state index contributed by atoms with van der Waals surface area (Å²) in [5, 5.41) is 3.30. The fourth-order valence-electron chi connectivity index (χ4n) is 1.51. The number of aromatic nitrogens is 2. The average molecular weight is 252 g/mol. The van der Waals surface area contributed by atoms with E-state index < -0.39 is 0 Å². The Kier molecular flexibility index (Phi) is 4.19. The van der Waals surface area contributed by atoms with E-state index in [9.17, 15) is 0 Å². The van der Waals surface area contributed by atoms with Crippen molar-refractivity contribution in [1.29, 1.82) is 0 Å². The van der Waals surface area contributed by atoms with Crippen LogP contribution in [0.15, 0.2) is 0 Å². The standard InChI is InChI=1S/C12H20N4O2/c1-3-9-15-11(14-8-4-5-8)10(13)12(16-9)18-7-6-17-2/h8H,3-7,13H2,1-2H3,(H,14,15,16). The van der Waals surface area contributed by atoms with Gasteiger partial charge in [-0.2, -0.15) is 4.98 Å². The van der Waals surface area contributed by atoms with Gasteiger partial charge in [0.15, 0.2) is 5.82 Å². The molecule has 0 spiro atoms. The van der Waals surface area contributed by atoms with Crippen molar-refractivity contribution in [3.05, 3.63) is 5.82 Å². The van der Waals surface area contributed by atoms with E-state index in [1.165, 1.54) is 12.8 Å². The first-order valence-corrected chi connectivity index (χ1v) is 6.29. The molecule has 6 nitrogen and oxygen atoms in total. The zero-order valence-electron chi connectivity index (χ0n) is 10.9. The highest BCUT2D eigenvalue weighted by Crippen LogP contribution is 2.31. The van der Waals surface area contributed by atoms with Crippen LogP contribution in [-0.4, -0.2) is 36.3 Å². The summed E-state index contributed by atoms with van der Waals surface area (Å²) >= 11 is 0. The van der Waals surface area contributed by atoms with Gasteiger partial charge in [0.25, 0.3) is 0 Å². The van der Waals surface area contributed by atoms with Gasteiger partial charge in [0.1, 0.15) is 18.1 Å². The lowest BCUT2D eigenvalue weighted by Gasteiger charge is -2.13. The number of nitrogen functional groups attached to an aromatic ring is 1. The van der Waals surface area contributed by atoms with Gasteiger partial charge in [0.2, 0.25) is 5.88 Å². The molecular formula is C12H20N4O2. The van der Waals surface area contributed by atoms with Crippen molar-refractivity contribution in [3.8, 4) is 5.88 Å². The van der Waals surface area contributed by atoms with Gasteiger partial charge >= 0.3 is 0 Å². The molecule has 1 fully saturated rings. The zero-order valence-corrected chi connectivity index (χ0v) is 10.9. The van der Waals surface area contributed by atoms with E-state index in [2.05, 4.69) is 15.3 Å². The summed E-state index contributed by atoms with van der Waals surface area (Å²) in [5.74, 6) is 1.87. The highest BCUT2D eigenvalue weighted by Gasteiger charge is 2.24. The molecular weight excluding hydrogens is 232 g/mol. The lowest BCUT2D eigenvalue weighted by Crippen LogP contribution is -2.13. The molecule has 0 unspecified atom stereocenters. The van der Waals surface area contributed by atoms with Crippen molar-refractivity contribution in [2.75, 3.05) is 31.4 Å². The Morgan fingerprint density at radius 1 is 1.33 bits per heavy atom. The Labute approximate surface area is 107 Å². The molecule has 1 aromatic rings. The van der Waals surface area contributed by atoms with Gasteiger partial charge in [0, 0.05) is 19.6 Å². The Morgan fingerprint density at radius 3 is 2.72 bits per heavy atom. The van der Waals surface area contributed by atoms with Gasteiger partial charge < -0.3 is 20.5 Å². The van der Waals surface area contributed by atoms with Crippen LogP contribution in [-0.2, 0) is 11.2 Å². The van der Waals surface area contributed by atoms with Crippen LogP contribution in [0.5, 0.6) is 5.88 Å². The molecule has 0 amide bonds. The van der Waals surface area contributed by atoms with Crippen molar-refractivity contribution in [3.63, 3.8) is 0 Å². The largest absolute Gasteiger partial charge is 0.474 e. The highest BCUT2D eigenvalue weighted by molar-refractivity contribution is 5.67. The minimum Gasteiger partial charge on any atom is -0.474 e. The third-order valence-corrected chi connectivity index (χ3v) is 2.72. The SMILES string of the molecule is CCc1nc(NC2CC2)c(N)c(OCCOC)n1. The average Bonchev–Trinajstić information content (AvgIpc) is 3.17. The first-order valence-electron chi connectivity index (χ1n) is 6.29. The van der Waals surface area contributed by atoms with Crippen molar-refractivity contribution < 1.29 is 9.47 Å². The summed E-state index contributed by atoms with van der Waals surface area (Å²) in [6, 6.07) is 0.499. The second-order valence-corrected chi connectivity index (χ2v) is 4.32. The van der Waals surface area contributed by atoms with Crippen LogP contribution < -0.4 is 15.8 Å². The monoisotopic (exact) mass is 252 g/mol. The van der Waals surface area contributed by atoms with Gasteiger partial charge in [-0.15, -0.1) is 0 Å². The number of hydrogen-bond acceptors (Lipinski definition) is 6. The molecule has 0 aliphatic heterocycles. The quantitative estimate of drug-likeness (QED) is 0.710. The molecule has 1 aromatic heterocycles. The lowest BCUT2D eigenvalue weighted by atomic mass is 10.4. The number of nitrogens with one attached hydrogen (secondary N) is 1. The van der Waals surface area contributed by atoms with Crippen molar-refractivity contribution in [1.82, 2.24) is 9.97 Å². The first-order chi connectivity index (χ1) is 8.74. The molecule has 1 aliphatic rings. The Hall–Kier alpha value is -1.56. The Morgan fingerprint density at radius 2 is 2.11 bits per heavy atom. The highest BCUT2D eigenvalue weighted by atomic mass is 16.5. The number of methoxy groups -OCH3 is 1. The molecule has 1 heterocycles. The maximum Gasteiger partial charge on any atom is 0.242 e. The fraction of sp³-hybridized carbons (Fsp3) is 0.667. The Balaban J connectivity index is 2.14. The number of hydrogen-bond donors (Lipinski definition) is 2. The number of aryl methyl sites for hydroxylation is 1. The van der Waals surface area contributed by atoms with E-state index in [0.29, 0.717) is 36.6 Å². The summed E-state index contributed by atoms with van der Waals surface area (Å²) in [5.41, 5.74) is 6.49. The summed E-state index contributed by atoms with van der Waals surface area (Å²) in [6.07, 6.45) is 3.09. The summed E-state index contributed by atoms with van der Waals surface area (Å²) in [7, 11) is 1.63. The van der Waals surface area contributed by atoms with Crippen LogP contribution in [0.3, 0.4) is 0 Å². The van der Waals surface area contributed by atoms with Crippen molar-refractivity contribution in [2.45, 2.75) is 32.2 Å². The summed E-state index contributed by atoms with van der Waals surface area (Å²) in [4.78, 5) is 8.70. The number of ether oxygens (including phenoxy) is 2. The molecule has 3 N–H and O–H groups in total. The molecule has 6 heteroatoms. The van der Waals surface area contributed by atoms with E-state index in [1.807, 2.05) is 6.92 Å². The van der Waals surface area contributed by atoms with E-state index in [0.717, 1.165) is 12.2 Å². The molecule has 100 valence electrons. The maximum atomic E-state index is 6.01. The van der Waals surface area contributed by atoms with Crippen molar-refractivity contribution in [2.24, 2.45) is 0 Å². The van der Waals surface area contributed by atoms with Crippen LogP contribution in [0.25, 0.3) is 0 Å². The van der Waals surface area contributed by atoms with E-state index in [4.69, 9.17) is 15.2 Å². The van der Waals surface area contributed by atoms with Crippen LogP contribution >= 0.6 is 0 Å². The molecule has 0 bridgehead atoms.